The maximum atomic E-state index is 12.2. The zero-order valence-electron chi connectivity index (χ0n) is 15.8. The first-order valence-electron chi connectivity index (χ1n) is 9.88. The summed E-state index contributed by atoms with van der Waals surface area (Å²) in [5.74, 6) is 0.912. The molecule has 146 valence electrons. The number of anilines is 1. The van der Waals surface area contributed by atoms with Gasteiger partial charge in [0.25, 0.3) is 0 Å². The van der Waals surface area contributed by atoms with Crippen molar-refractivity contribution in [3.63, 3.8) is 0 Å². The number of pyridine rings is 1. The molecule has 0 unspecified atom stereocenters. The molecular weight excluding hydrogens is 342 g/mol. The molecule has 1 saturated heterocycles. The van der Waals surface area contributed by atoms with E-state index in [1.165, 1.54) is 37.8 Å². The second-order valence-electron chi connectivity index (χ2n) is 7.96. The normalized spacial score (nSPS) is 21.1. The van der Waals surface area contributed by atoms with E-state index in [0.29, 0.717) is 11.4 Å². The Morgan fingerprint density at radius 2 is 2.07 bits per heavy atom. The van der Waals surface area contributed by atoms with Crippen molar-refractivity contribution in [1.82, 2.24) is 20.1 Å². The number of amides is 1. The molecule has 2 aromatic heterocycles. The van der Waals surface area contributed by atoms with Crippen LogP contribution in [0.5, 0.6) is 0 Å². The van der Waals surface area contributed by atoms with Crippen LogP contribution in [-0.4, -0.2) is 45.1 Å². The van der Waals surface area contributed by atoms with E-state index in [-0.39, 0.29) is 13.4 Å². The Morgan fingerprint density at radius 3 is 2.63 bits per heavy atom. The number of nitrogens with zero attached hydrogens (tertiary/aromatic N) is 4. The van der Waals surface area contributed by atoms with Gasteiger partial charge in [-0.1, -0.05) is 11.2 Å². The minimum Gasteiger partial charge on any atom is -0.411 e. The average molecular weight is 371 g/mol. The van der Waals surface area contributed by atoms with Crippen molar-refractivity contribution in [3.8, 4) is 0 Å². The number of likely N-dealkylation sites (tertiary alicyclic amines) is 1. The fraction of sp³-hybridized carbons (Fsp3) is 0.600. The van der Waals surface area contributed by atoms with Crippen LogP contribution in [0.25, 0.3) is 0 Å². The molecule has 2 aromatic rings. The van der Waals surface area contributed by atoms with E-state index < -0.39 is 0 Å². The number of piperidine rings is 1. The van der Waals surface area contributed by atoms with Gasteiger partial charge in [-0.2, -0.15) is 0 Å². The maximum absolute atomic E-state index is 12.2. The maximum Gasteiger partial charge on any atom is 0.315 e. The van der Waals surface area contributed by atoms with Crippen LogP contribution in [0, 0.1) is 5.41 Å². The molecule has 0 bridgehead atoms. The lowest BCUT2D eigenvalue weighted by molar-refractivity contribution is -0.133. The first kappa shape index (κ1) is 17.9. The van der Waals surface area contributed by atoms with Gasteiger partial charge in [0.2, 0.25) is 12.3 Å². The molecule has 1 aliphatic heterocycles. The van der Waals surface area contributed by atoms with E-state index in [1.807, 2.05) is 24.1 Å². The molecule has 1 atom stereocenters. The molecule has 7 nitrogen and oxygen atoms in total. The summed E-state index contributed by atoms with van der Waals surface area (Å²) < 4.78 is 4.98. The third-order valence-electron chi connectivity index (χ3n) is 5.85. The molecule has 3 heterocycles. The smallest absolute Gasteiger partial charge is 0.315 e. The molecule has 1 spiro atoms. The van der Waals surface area contributed by atoms with Gasteiger partial charge in [-0.25, -0.2) is 0 Å². The fourth-order valence-electron chi connectivity index (χ4n) is 3.63. The Morgan fingerprint density at radius 1 is 1.30 bits per heavy atom. The Hall–Kier alpha value is -2.44. The van der Waals surface area contributed by atoms with Crippen molar-refractivity contribution in [2.24, 2.45) is 5.41 Å². The number of aromatic nitrogens is 3. The van der Waals surface area contributed by atoms with E-state index in [1.54, 1.807) is 0 Å². The van der Waals surface area contributed by atoms with Crippen molar-refractivity contribution >= 4 is 11.9 Å². The molecule has 2 aliphatic carbocycles. The van der Waals surface area contributed by atoms with Gasteiger partial charge < -0.3 is 14.6 Å². The summed E-state index contributed by atoms with van der Waals surface area (Å²) in [7, 11) is 0. The topological polar surface area (TPSA) is 84.2 Å². The summed E-state index contributed by atoms with van der Waals surface area (Å²) >= 11 is 0. The second kappa shape index (κ2) is 7.66. The molecule has 7 heteroatoms. The summed E-state index contributed by atoms with van der Waals surface area (Å²) in [5.41, 5.74) is 1.87. The van der Waals surface area contributed by atoms with Gasteiger partial charge >= 0.3 is 6.01 Å². The van der Waals surface area contributed by atoms with Crippen LogP contribution in [-0.2, 0) is 4.79 Å². The number of hydrogen-bond acceptors (Lipinski definition) is 6. The average Bonchev–Trinajstić information content (AvgIpc) is 3.64. The molecule has 2 saturated carbocycles. The van der Waals surface area contributed by atoms with Gasteiger partial charge in [0.1, 0.15) is 6.04 Å². The van der Waals surface area contributed by atoms with Crippen molar-refractivity contribution < 1.29 is 10.6 Å². The zero-order chi connectivity index (χ0) is 18.7. The highest BCUT2D eigenvalue weighted by molar-refractivity contribution is 5.83. The van der Waals surface area contributed by atoms with Gasteiger partial charge in [-0.15, -0.1) is 5.10 Å². The monoisotopic (exact) mass is 371 g/mol. The number of rotatable bonds is 4. The molecule has 27 heavy (non-hydrogen) atoms. The van der Waals surface area contributed by atoms with Gasteiger partial charge in [0, 0.05) is 32.3 Å². The van der Waals surface area contributed by atoms with Crippen molar-refractivity contribution in [2.45, 2.75) is 57.4 Å². The van der Waals surface area contributed by atoms with Crippen molar-refractivity contribution in [3.05, 3.63) is 36.5 Å². The number of carbonyl (C=O) groups is 1. The zero-order valence-corrected chi connectivity index (χ0v) is 15.8. The van der Waals surface area contributed by atoms with Crippen LogP contribution < -0.4 is 5.32 Å². The molecule has 3 fully saturated rings. The predicted octanol–water partition coefficient (Wildman–Crippen LogP) is 3.48. The third-order valence-corrected chi connectivity index (χ3v) is 5.85. The molecule has 0 aromatic carbocycles. The highest BCUT2D eigenvalue weighted by Gasteiger charge is 2.45. The predicted molar refractivity (Wildman–Crippen MR) is 103 cm³/mol. The first-order chi connectivity index (χ1) is 13.2. The Balaban J connectivity index is 0.000000189. The Labute approximate surface area is 161 Å². The second-order valence-corrected chi connectivity index (χ2v) is 7.96. The van der Waals surface area contributed by atoms with E-state index >= 15 is 0 Å². The number of hydrogen-bond donors (Lipinski definition) is 1. The minimum absolute atomic E-state index is 0. The lowest BCUT2D eigenvalue weighted by Crippen LogP contribution is -2.45. The summed E-state index contributed by atoms with van der Waals surface area (Å²) in [6.07, 6.45) is 10.8. The van der Waals surface area contributed by atoms with Crippen LogP contribution in [0.3, 0.4) is 0 Å². The highest BCUT2D eigenvalue weighted by atomic mass is 16.4. The Bertz CT molecular complexity index is 737. The Kier molecular flexibility index (Phi) is 5.09. The van der Waals surface area contributed by atoms with Gasteiger partial charge in [-0.3, -0.25) is 9.78 Å². The molecule has 5 rings (SSSR count). The molecular formula is C20H29N5O2. The lowest BCUT2D eigenvalue weighted by Gasteiger charge is -2.33. The van der Waals surface area contributed by atoms with Crippen LogP contribution in [0.1, 0.15) is 58.5 Å². The molecule has 0 radical (unpaired) electrons. The highest BCUT2D eigenvalue weighted by Crippen LogP contribution is 2.53. The third kappa shape index (κ3) is 4.64. The van der Waals surface area contributed by atoms with Crippen molar-refractivity contribution in [1.29, 1.82) is 0 Å². The standard InChI is InChI=1S/C12H18N4O2.C8H9N.H2/c1-9(14-11-15-13-8-18-11)10(17)16-6-4-12(2-3-12)5-7-16;1-2-6-9-8(3-1)7-4-5-7;/h8-9H,2-7H2,1H3,(H,14,15);1-3,6-7H,4-5H2;1H/t9-;;/m0../s1. The van der Waals surface area contributed by atoms with E-state index in [0.717, 1.165) is 31.8 Å². The summed E-state index contributed by atoms with van der Waals surface area (Å²) in [4.78, 5) is 18.4. The van der Waals surface area contributed by atoms with E-state index in [4.69, 9.17) is 4.42 Å². The quantitative estimate of drug-likeness (QED) is 0.886. The fourth-order valence-corrected chi connectivity index (χ4v) is 3.63. The van der Waals surface area contributed by atoms with Crippen LogP contribution >= 0.6 is 0 Å². The summed E-state index contributed by atoms with van der Waals surface area (Å²) in [6, 6.07) is 6.11. The number of carbonyl (C=O) groups excluding carboxylic acids is 1. The van der Waals surface area contributed by atoms with Gasteiger partial charge in [0.05, 0.1) is 0 Å². The van der Waals surface area contributed by atoms with Crippen LogP contribution in [0.15, 0.2) is 35.2 Å². The first-order valence-corrected chi connectivity index (χ1v) is 9.88. The lowest BCUT2D eigenvalue weighted by atomic mass is 9.93. The summed E-state index contributed by atoms with van der Waals surface area (Å²) in [6.45, 7) is 3.59. The number of nitrogens with one attached hydrogen (secondary N) is 1. The molecule has 3 aliphatic rings. The van der Waals surface area contributed by atoms with E-state index in [9.17, 15) is 4.79 Å². The van der Waals surface area contributed by atoms with Crippen molar-refractivity contribution in [2.75, 3.05) is 18.4 Å². The van der Waals surface area contributed by atoms with Crippen LogP contribution in [0.4, 0.5) is 6.01 Å². The SMILES string of the molecule is C[C@H](Nc1nnco1)C(=O)N1CCC2(CC1)CC2.[HH].c1ccc(C2CC2)nc1. The molecule has 1 N–H and O–H groups in total. The van der Waals surface area contributed by atoms with Gasteiger partial charge in [-0.05, 0) is 63.0 Å². The summed E-state index contributed by atoms with van der Waals surface area (Å²) in [5, 5.41) is 10.2. The van der Waals surface area contributed by atoms with E-state index in [2.05, 4.69) is 32.6 Å². The van der Waals surface area contributed by atoms with Crippen LogP contribution in [0.2, 0.25) is 0 Å². The molecule has 1 amide bonds. The largest absolute Gasteiger partial charge is 0.411 e. The van der Waals surface area contributed by atoms with Gasteiger partial charge in [0.15, 0.2) is 0 Å². The minimum atomic E-state index is -0.321.